The van der Waals surface area contributed by atoms with Gasteiger partial charge in [-0.2, -0.15) is 0 Å². The van der Waals surface area contributed by atoms with Crippen LogP contribution in [0.2, 0.25) is 0 Å². The molecule has 0 bridgehead atoms. The molecule has 1 aliphatic carbocycles. The molecule has 3 N–H and O–H groups in total. The molecular weight excluding hydrogens is 319 g/mol. The normalized spacial score (nSPS) is 19.1. The lowest BCUT2D eigenvalue weighted by atomic mass is 9.89. The van der Waals surface area contributed by atoms with E-state index in [4.69, 9.17) is 5.41 Å². The van der Waals surface area contributed by atoms with Crippen LogP contribution in [0.5, 0.6) is 0 Å². The van der Waals surface area contributed by atoms with Crippen LogP contribution in [-0.2, 0) is 0 Å². The summed E-state index contributed by atoms with van der Waals surface area (Å²) in [6.45, 7) is 5.76. The summed E-state index contributed by atoms with van der Waals surface area (Å²) in [6.07, 6.45) is 12.0. The van der Waals surface area contributed by atoms with Gasteiger partial charge in [0.15, 0.2) is 5.96 Å². The number of likely N-dealkylation sites (tertiary alicyclic amines) is 1. The van der Waals surface area contributed by atoms with Gasteiger partial charge in [-0.25, -0.2) is 0 Å². The van der Waals surface area contributed by atoms with E-state index in [2.05, 4.69) is 15.5 Å². The molecule has 2 fully saturated rings. The number of hydrogen-bond acceptors (Lipinski definition) is 2. The smallest absolute Gasteiger partial charge is 0.188 e. The number of unbranched alkanes of at least 4 members (excludes halogenated alkanes) is 1. The van der Waals surface area contributed by atoms with E-state index in [0.717, 1.165) is 19.0 Å². The Labute approximate surface area is 148 Å². The zero-order chi connectivity index (χ0) is 14.0. The summed E-state index contributed by atoms with van der Waals surface area (Å²) in [5.41, 5.74) is 0. The lowest BCUT2D eigenvalue weighted by Gasteiger charge is -2.22. The first kappa shape index (κ1) is 21.8. The molecule has 0 unspecified atom stereocenters. The van der Waals surface area contributed by atoms with Crippen LogP contribution in [0, 0.1) is 11.3 Å². The second-order valence-corrected chi connectivity index (χ2v) is 6.44. The van der Waals surface area contributed by atoms with Crippen molar-refractivity contribution in [2.45, 2.75) is 57.8 Å². The highest BCUT2D eigenvalue weighted by molar-refractivity contribution is 5.85. The highest BCUT2D eigenvalue weighted by atomic mass is 35.5. The van der Waals surface area contributed by atoms with Crippen LogP contribution in [-0.4, -0.2) is 43.6 Å². The molecular formula is C16H34Cl2N4. The molecule has 0 atom stereocenters. The molecule has 2 rings (SSSR count). The van der Waals surface area contributed by atoms with Gasteiger partial charge in [0.05, 0.1) is 0 Å². The zero-order valence-electron chi connectivity index (χ0n) is 13.7. The van der Waals surface area contributed by atoms with E-state index in [1.807, 2.05) is 0 Å². The number of hydrogen-bond donors (Lipinski definition) is 3. The number of halogens is 2. The maximum atomic E-state index is 7.88. The first-order chi connectivity index (χ1) is 9.84. The molecule has 6 heteroatoms. The molecule has 1 saturated carbocycles. The number of nitrogens with zero attached hydrogens (tertiary/aromatic N) is 1. The van der Waals surface area contributed by atoms with Gasteiger partial charge in [-0.1, -0.05) is 19.3 Å². The van der Waals surface area contributed by atoms with Crippen molar-refractivity contribution in [3.05, 3.63) is 0 Å². The maximum Gasteiger partial charge on any atom is 0.188 e. The highest BCUT2D eigenvalue weighted by Gasteiger charge is 2.13. The van der Waals surface area contributed by atoms with E-state index in [-0.39, 0.29) is 24.8 Å². The van der Waals surface area contributed by atoms with E-state index >= 15 is 0 Å². The van der Waals surface area contributed by atoms with Crippen molar-refractivity contribution < 1.29 is 0 Å². The van der Waals surface area contributed by atoms with Crippen LogP contribution in [0.25, 0.3) is 0 Å². The minimum Gasteiger partial charge on any atom is -0.357 e. The van der Waals surface area contributed by atoms with Crippen LogP contribution in [0.1, 0.15) is 57.8 Å². The lowest BCUT2D eigenvalue weighted by Crippen LogP contribution is -2.39. The van der Waals surface area contributed by atoms with E-state index in [0.29, 0.717) is 5.96 Å². The third kappa shape index (κ3) is 9.06. The molecule has 2 aliphatic rings. The van der Waals surface area contributed by atoms with Crippen molar-refractivity contribution in [1.29, 1.82) is 5.41 Å². The average molecular weight is 353 g/mol. The van der Waals surface area contributed by atoms with Crippen molar-refractivity contribution in [3.8, 4) is 0 Å². The van der Waals surface area contributed by atoms with Crippen LogP contribution in [0.3, 0.4) is 0 Å². The molecule has 0 aromatic heterocycles. The summed E-state index contributed by atoms with van der Waals surface area (Å²) in [4.78, 5) is 2.56. The third-order valence-electron chi connectivity index (χ3n) is 4.69. The van der Waals surface area contributed by atoms with Gasteiger partial charge in [-0.05, 0) is 64.1 Å². The second-order valence-electron chi connectivity index (χ2n) is 6.44. The summed E-state index contributed by atoms with van der Waals surface area (Å²) < 4.78 is 0. The molecule has 0 spiro atoms. The summed E-state index contributed by atoms with van der Waals surface area (Å²) in [6, 6.07) is 0. The molecule has 0 amide bonds. The van der Waals surface area contributed by atoms with E-state index in [1.54, 1.807) is 0 Å². The van der Waals surface area contributed by atoms with E-state index in [1.165, 1.54) is 77.4 Å². The van der Waals surface area contributed by atoms with Crippen LogP contribution in [0.4, 0.5) is 0 Å². The Morgan fingerprint density at radius 3 is 2.27 bits per heavy atom. The summed E-state index contributed by atoms with van der Waals surface area (Å²) in [7, 11) is 0. The van der Waals surface area contributed by atoms with Gasteiger partial charge in [0.25, 0.3) is 0 Å². The van der Waals surface area contributed by atoms with Crippen molar-refractivity contribution in [1.82, 2.24) is 15.5 Å². The summed E-state index contributed by atoms with van der Waals surface area (Å²) in [5, 5.41) is 14.3. The summed E-state index contributed by atoms with van der Waals surface area (Å²) in [5.74, 6) is 1.32. The molecule has 1 heterocycles. The fourth-order valence-corrected chi connectivity index (χ4v) is 3.38. The Kier molecular flexibility index (Phi) is 13.2. The molecule has 4 nitrogen and oxygen atoms in total. The Balaban J connectivity index is 0.00000220. The Bertz CT molecular complexity index is 277. The minimum atomic E-state index is 0. The van der Waals surface area contributed by atoms with Crippen molar-refractivity contribution >= 4 is 30.8 Å². The molecule has 1 aliphatic heterocycles. The SMILES string of the molecule is Cl.Cl.N=C(NCCCCN1CCCC1)NCC1CCCCC1. The first-order valence-corrected chi connectivity index (χ1v) is 8.63. The monoisotopic (exact) mass is 352 g/mol. The fourth-order valence-electron chi connectivity index (χ4n) is 3.38. The fraction of sp³-hybridized carbons (Fsp3) is 0.938. The Morgan fingerprint density at radius 1 is 0.909 bits per heavy atom. The molecule has 132 valence electrons. The van der Waals surface area contributed by atoms with Gasteiger partial charge in [-0.3, -0.25) is 5.41 Å². The van der Waals surface area contributed by atoms with E-state index in [9.17, 15) is 0 Å². The van der Waals surface area contributed by atoms with Gasteiger partial charge in [0, 0.05) is 13.1 Å². The number of nitrogens with one attached hydrogen (secondary N) is 3. The molecule has 22 heavy (non-hydrogen) atoms. The maximum absolute atomic E-state index is 7.88. The molecule has 1 saturated heterocycles. The number of guanidine groups is 1. The van der Waals surface area contributed by atoms with Crippen LogP contribution in [0.15, 0.2) is 0 Å². The highest BCUT2D eigenvalue weighted by Crippen LogP contribution is 2.22. The van der Waals surface area contributed by atoms with Crippen LogP contribution >= 0.6 is 24.8 Å². The predicted molar refractivity (Wildman–Crippen MR) is 99.7 cm³/mol. The van der Waals surface area contributed by atoms with Crippen LogP contribution < -0.4 is 10.6 Å². The number of rotatable bonds is 7. The third-order valence-corrected chi connectivity index (χ3v) is 4.69. The van der Waals surface area contributed by atoms with Gasteiger partial charge in [0.1, 0.15) is 0 Å². The molecule has 0 aromatic rings. The standard InChI is InChI=1S/C16H32N4.2ClH/c17-16(19-14-15-8-2-1-3-9-15)18-10-4-5-11-20-12-6-7-13-20;;/h15H,1-14H2,(H3,17,18,19);2*1H. The quantitative estimate of drug-likeness (QED) is 0.374. The van der Waals surface area contributed by atoms with E-state index < -0.39 is 0 Å². The van der Waals surface area contributed by atoms with Crippen molar-refractivity contribution in [2.24, 2.45) is 5.92 Å². The average Bonchev–Trinajstić information content (AvgIpc) is 2.99. The van der Waals surface area contributed by atoms with Gasteiger partial charge in [0.2, 0.25) is 0 Å². The molecule has 0 aromatic carbocycles. The Morgan fingerprint density at radius 2 is 1.59 bits per heavy atom. The topological polar surface area (TPSA) is 51.2 Å². The predicted octanol–water partition coefficient (Wildman–Crippen LogP) is 3.40. The zero-order valence-corrected chi connectivity index (χ0v) is 15.4. The Hall–Kier alpha value is -0.190. The van der Waals surface area contributed by atoms with Gasteiger partial charge < -0.3 is 15.5 Å². The van der Waals surface area contributed by atoms with Gasteiger partial charge >= 0.3 is 0 Å². The minimum absolute atomic E-state index is 0. The van der Waals surface area contributed by atoms with Crippen molar-refractivity contribution in [2.75, 3.05) is 32.7 Å². The summed E-state index contributed by atoms with van der Waals surface area (Å²) >= 11 is 0. The largest absolute Gasteiger partial charge is 0.357 e. The molecule has 0 radical (unpaired) electrons. The second kappa shape index (κ2) is 13.3. The van der Waals surface area contributed by atoms with Crippen molar-refractivity contribution in [3.63, 3.8) is 0 Å². The first-order valence-electron chi connectivity index (χ1n) is 8.63. The lowest BCUT2D eigenvalue weighted by molar-refractivity contribution is 0.330. The van der Waals surface area contributed by atoms with Gasteiger partial charge in [-0.15, -0.1) is 24.8 Å².